The molecule has 1 saturated carbocycles. The van der Waals surface area contributed by atoms with Gasteiger partial charge in [-0.3, -0.25) is 9.59 Å². The number of alkyl halides is 3. The number of piperidine rings is 1. The van der Waals surface area contributed by atoms with Crippen molar-refractivity contribution >= 4 is 17.7 Å². The van der Waals surface area contributed by atoms with Crippen molar-refractivity contribution in [2.75, 3.05) is 11.4 Å². The molecule has 1 amide bonds. The predicted molar refractivity (Wildman–Crippen MR) is 142 cm³/mol. The minimum Gasteiger partial charge on any atom is -0.480 e. The molecule has 2 N–H and O–H groups in total. The molecule has 222 valence electrons. The molecule has 1 aromatic carbocycles. The monoisotopic (exact) mass is 586 g/mol. The number of ether oxygens (including phenoxy) is 2. The number of rotatable bonds is 10. The molecular formula is C29H29F3N4O6. The van der Waals surface area contributed by atoms with Crippen LogP contribution in [-0.2, 0) is 16.1 Å². The van der Waals surface area contributed by atoms with E-state index in [2.05, 4.69) is 25.1 Å². The van der Waals surface area contributed by atoms with E-state index in [0.29, 0.717) is 17.0 Å². The molecule has 10 nitrogen and oxygen atoms in total. The zero-order valence-electron chi connectivity index (χ0n) is 22.5. The Bertz CT molecular complexity index is 1440. The molecule has 2 aromatic heterocycles. The summed E-state index contributed by atoms with van der Waals surface area (Å²) in [5, 5.41) is 15.2. The lowest BCUT2D eigenvalue weighted by Crippen LogP contribution is -2.46. The van der Waals surface area contributed by atoms with Crippen molar-refractivity contribution in [2.24, 2.45) is 0 Å². The SMILES string of the molecule is O=C(O)CNC(=O)c1ccc(N2[C@@H]3CC[C@H]2C[C@@H](OCc2c(-c4ccccc4OC(F)(F)F)noc2C2CC2)C3)nc1. The van der Waals surface area contributed by atoms with Gasteiger partial charge in [-0.05, 0) is 62.8 Å². The van der Waals surface area contributed by atoms with Crippen LogP contribution >= 0.6 is 0 Å². The van der Waals surface area contributed by atoms with Crippen LogP contribution in [-0.4, -0.2) is 58.2 Å². The summed E-state index contributed by atoms with van der Waals surface area (Å²) in [4.78, 5) is 29.6. The maximum absolute atomic E-state index is 13.1. The summed E-state index contributed by atoms with van der Waals surface area (Å²) in [5.74, 6) is -0.389. The molecule has 4 heterocycles. The first-order chi connectivity index (χ1) is 20.2. The second-order valence-electron chi connectivity index (χ2n) is 10.9. The molecule has 13 heteroatoms. The summed E-state index contributed by atoms with van der Waals surface area (Å²) < 4.78 is 55.6. The number of aliphatic carboxylic acids is 1. The van der Waals surface area contributed by atoms with Crippen LogP contribution in [0.15, 0.2) is 47.1 Å². The van der Waals surface area contributed by atoms with Gasteiger partial charge in [-0.25, -0.2) is 4.98 Å². The Labute approximate surface area is 238 Å². The van der Waals surface area contributed by atoms with Gasteiger partial charge in [-0.15, -0.1) is 13.2 Å². The highest BCUT2D eigenvalue weighted by molar-refractivity contribution is 5.95. The lowest BCUT2D eigenvalue weighted by atomic mass is 9.99. The number of aromatic nitrogens is 2. The number of nitrogens with one attached hydrogen (secondary N) is 1. The Morgan fingerprint density at radius 3 is 2.45 bits per heavy atom. The van der Waals surface area contributed by atoms with Gasteiger partial charge < -0.3 is 29.3 Å². The van der Waals surface area contributed by atoms with Crippen LogP contribution in [0, 0.1) is 0 Å². The Hall–Kier alpha value is -4.13. The zero-order chi connectivity index (χ0) is 29.4. The smallest absolute Gasteiger partial charge is 0.480 e. The topological polar surface area (TPSA) is 127 Å². The van der Waals surface area contributed by atoms with Crippen LogP contribution < -0.4 is 15.0 Å². The fraction of sp³-hybridized carbons (Fsp3) is 0.448. The van der Waals surface area contributed by atoms with Crippen LogP contribution in [0.3, 0.4) is 0 Å². The molecule has 0 unspecified atom stereocenters. The predicted octanol–water partition coefficient (Wildman–Crippen LogP) is 5.04. The van der Waals surface area contributed by atoms with Crippen molar-refractivity contribution in [1.82, 2.24) is 15.5 Å². The van der Waals surface area contributed by atoms with Gasteiger partial charge in [-0.2, -0.15) is 0 Å². The molecule has 0 radical (unpaired) electrons. The number of halogens is 3. The average molecular weight is 587 g/mol. The molecule has 6 rings (SSSR count). The van der Waals surface area contributed by atoms with E-state index in [-0.39, 0.29) is 47.6 Å². The largest absolute Gasteiger partial charge is 0.573 e. The summed E-state index contributed by atoms with van der Waals surface area (Å²) in [7, 11) is 0. The summed E-state index contributed by atoms with van der Waals surface area (Å²) in [6, 6.07) is 9.66. The number of anilines is 1. The Morgan fingerprint density at radius 2 is 1.81 bits per heavy atom. The lowest BCUT2D eigenvalue weighted by molar-refractivity contribution is -0.274. The highest BCUT2D eigenvalue weighted by Crippen LogP contribution is 2.46. The number of fused-ring (bicyclic) bond motifs is 2. The highest BCUT2D eigenvalue weighted by Gasteiger charge is 2.42. The zero-order valence-corrected chi connectivity index (χ0v) is 22.5. The van der Waals surface area contributed by atoms with E-state index in [4.69, 9.17) is 14.4 Å². The number of carbonyl (C=O) groups is 2. The summed E-state index contributed by atoms with van der Waals surface area (Å²) in [5.41, 5.74) is 1.44. The number of carboxylic acids is 1. The van der Waals surface area contributed by atoms with Gasteiger partial charge in [0.05, 0.1) is 18.3 Å². The number of nitrogens with zero attached hydrogens (tertiary/aromatic N) is 3. The van der Waals surface area contributed by atoms with E-state index in [1.165, 1.54) is 24.4 Å². The summed E-state index contributed by atoms with van der Waals surface area (Å²) in [6.45, 7) is -0.307. The number of benzene rings is 1. The Morgan fingerprint density at radius 1 is 1.07 bits per heavy atom. The highest BCUT2D eigenvalue weighted by atomic mass is 19.4. The second kappa shape index (κ2) is 11.3. The number of para-hydroxylation sites is 1. The summed E-state index contributed by atoms with van der Waals surface area (Å²) in [6.07, 6.45) is 1.79. The number of pyridine rings is 1. The van der Waals surface area contributed by atoms with Crippen molar-refractivity contribution in [3.05, 3.63) is 59.5 Å². The van der Waals surface area contributed by atoms with Gasteiger partial charge >= 0.3 is 12.3 Å². The third-order valence-electron chi connectivity index (χ3n) is 7.96. The van der Waals surface area contributed by atoms with Crippen molar-refractivity contribution in [3.63, 3.8) is 0 Å². The Balaban J connectivity index is 1.14. The van der Waals surface area contributed by atoms with Crippen molar-refractivity contribution in [3.8, 4) is 17.0 Å². The molecule has 3 aromatic rings. The molecular weight excluding hydrogens is 557 g/mol. The standard InChI is InChI=1S/C29H29F3N4O6/c30-29(31,32)41-23-4-2-1-3-21(23)26-22(27(42-35-26)16-5-6-16)15-40-20-11-18-8-9-19(12-20)36(18)24-10-7-17(13-33-24)28(39)34-14-25(37)38/h1-4,7,10,13,16,18-20H,5-6,8-9,11-12,14-15H2,(H,34,39)(H,37,38)/t18-,19+,20+. The lowest BCUT2D eigenvalue weighted by Gasteiger charge is -2.39. The van der Waals surface area contributed by atoms with Crippen molar-refractivity contribution < 1.29 is 41.9 Å². The number of hydrogen-bond donors (Lipinski definition) is 2. The van der Waals surface area contributed by atoms with E-state index >= 15 is 0 Å². The van der Waals surface area contributed by atoms with Gasteiger partial charge in [-0.1, -0.05) is 17.3 Å². The number of carbonyl (C=O) groups excluding carboxylic acids is 1. The van der Waals surface area contributed by atoms with E-state index in [1.807, 2.05) is 0 Å². The maximum Gasteiger partial charge on any atom is 0.573 e. The maximum atomic E-state index is 13.1. The van der Waals surface area contributed by atoms with Gasteiger partial charge in [0.15, 0.2) is 0 Å². The molecule has 2 saturated heterocycles. The number of carboxylic acid groups (broad SMARTS) is 1. The van der Waals surface area contributed by atoms with Crippen LogP contribution in [0.1, 0.15) is 66.1 Å². The van der Waals surface area contributed by atoms with Crippen LogP contribution in [0.5, 0.6) is 5.75 Å². The van der Waals surface area contributed by atoms with E-state index in [1.54, 1.807) is 18.2 Å². The van der Waals surface area contributed by atoms with Gasteiger partial charge in [0.1, 0.15) is 29.6 Å². The van der Waals surface area contributed by atoms with E-state index in [0.717, 1.165) is 44.3 Å². The molecule has 3 fully saturated rings. The average Bonchev–Trinajstić information content (AvgIpc) is 3.66. The molecule has 3 aliphatic rings. The molecule has 0 spiro atoms. The van der Waals surface area contributed by atoms with E-state index in [9.17, 15) is 22.8 Å². The first kappa shape index (κ1) is 28.0. The van der Waals surface area contributed by atoms with Crippen molar-refractivity contribution in [1.29, 1.82) is 0 Å². The molecule has 1 aliphatic carbocycles. The quantitative estimate of drug-likeness (QED) is 0.336. The molecule has 3 atom stereocenters. The Kier molecular flexibility index (Phi) is 7.52. The van der Waals surface area contributed by atoms with Gasteiger partial charge in [0.25, 0.3) is 5.91 Å². The fourth-order valence-corrected chi connectivity index (χ4v) is 5.98. The minimum atomic E-state index is -4.84. The third-order valence-corrected chi connectivity index (χ3v) is 7.96. The van der Waals surface area contributed by atoms with Gasteiger partial charge in [0.2, 0.25) is 0 Å². The summed E-state index contributed by atoms with van der Waals surface area (Å²) >= 11 is 0. The fourth-order valence-electron chi connectivity index (χ4n) is 5.98. The van der Waals surface area contributed by atoms with Crippen molar-refractivity contribution in [2.45, 2.75) is 75.6 Å². The van der Waals surface area contributed by atoms with Crippen LogP contribution in [0.2, 0.25) is 0 Å². The van der Waals surface area contributed by atoms with E-state index < -0.39 is 24.8 Å². The second-order valence-corrected chi connectivity index (χ2v) is 10.9. The number of hydrogen-bond acceptors (Lipinski definition) is 8. The normalized spacial score (nSPS) is 21.8. The molecule has 42 heavy (non-hydrogen) atoms. The van der Waals surface area contributed by atoms with Crippen LogP contribution in [0.25, 0.3) is 11.3 Å². The minimum absolute atomic E-state index is 0.0729. The third kappa shape index (κ3) is 6.06. The first-order valence-electron chi connectivity index (χ1n) is 13.9. The van der Waals surface area contributed by atoms with Gasteiger partial charge in [0, 0.05) is 35.3 Å². The number of amides is 1. The molecule has 2 aliphatic heterocycles. The first-order valence-corrected chi connectivity index (χ1v) is 13.9. The van der Waals surface area contributed by atoms with Crippen LogP contribution in [0.4, 0.5) is 19.0 Å². The molecule has 2 bridgehead atoms.